The zero-order valence-corrected chi connectivity index (χ0v) is 27.7. The van der Waals surface area contributed by atoms with E-state index in [9.17, 15) is 0 Å². The summed E-state index contributed by atoms with van der Waals surface area (Å²) in [7, 11) is 1.97. The minimum atomic E-state index is 0.231. The molecule has 2 nitrogen and oxygen atoms in total. The molecule has 0 heterocycles. The summed E-state index contributed by atoms with van der Waals surface area (Å²) >= 11 is 0. The highest BCUT2D eigenvalue weighted by Crippen LogP contribution is 2.44. The summed E-state index contributed by atoms with van der Waals surface area (Å²) in [6.45, 7) is 4.10. The van der Waals surface area contributed by atoms with E-state index in [1.807, 2.05) is 43.2 Å². The van der Waals surface area contributed by atoms with Crippen molar-refractivity contribution in [2.24, 2.45) is 5.92 Å². The molecule has 2 heteroatoms. The van der Waals surface area contributed by atoms with Crippen molar-refractivity contribution in [3.8, 4) is 11.1 Å². The summed E-state index contributed by atoms with van der Waals surface area (Å²) in [5, 5.41) is 13.4. The predicted octanol–water partition coefficient (Wildman–Crippen LogP) is 11.8. The third kappa shape index (κ3) is 6.98. The summed E-state index contributed by atoms with van der Waals surface area (Å²) in [6.07, 6.45) is 31.4. The van der Waals surface area contributed by atoms with Crippen LogP contribution in [-0.4, -0.2) is 23.8 Å². The second-order valence-corrected chi connectivity index (χ2v) is 12.3. The minimum Gasteiger partial charge on any atom is -0.354 e. The Hall–Kier alpha value is -5.21. The van der Waals surface area contributed by atoms with Crippen LogP contribution in [0.25, 0.3) is 38.2 Å². The van der Waals surface area contributed by atoms with E-state index in [1.54, 1.807) is 0 Å². The van der Waals surface area contributed by atoms with Gasteiger partial charge in [0.1, 0.15) is 5.84 Å². The summed E-state index contributed by atoms with van der Waals surface area (Å²) in [5.74, 6) is 1.11. The number of rotatable bonds is 6. The second kappa shape index (κ2) is 14.9. The van der Waals surface area contributed by atoms with Gasteiger partial charge in [-0.25, -0.2) is 0 Å². The Labute approximate surface area is 280 Å². The summed E-state index contributed by atoms with van der Waals surface area (Å²) in [5.41, 5.74) is 7.74. The molecule has 3 aliphatic rings. The molecule has 2 atom stereocenters. The molecule has 0 aromatic heterocycles. The maximum Gasteiger partial charge on any atom is 0.127 e. The Balaban J connectivity index is 0.000000195. The first kappa shape index (κ1) is 31.8. The number of hydrogen-bond donors (Lipinski definition) is 1. The van der Waals surface area contributed by atoms with Crippen LogP contribution in [0.2, 0.25) is 0 Å². The smallest absolute Gasteiger partial charge is 0.127 e. The van der Waals surface area contributed by atoms with Crippen LogP contribution in [0, 0.1) is 11.3 Å². The number of fused-ring (bicyclic) bond motifs is 3. The van der Waals surface area contributed by atoms with Crippen LogP contribution >= 0.6 is 0 Å². The van der Waals surface area contributed by atoms with Crippen molar-refractivity contribution in [2.45, 2.75) is 39.2 Å². The predicted molar refractivity (Wildman–Crippen MR) is 205 cm³/mol. The molecule has 1 N–H and O–H groups in total. The lowest BCUT2D eigenvalue weighted by molar-refractivity contribution is 0.450. The average molecular weight is 613 g/mol. The molecular formula is C45H44N2. The van der Waals surface area contributed by atoms with Gasteiger partial charge in [0.05, 0.1) is 0 Å². The lowest BCUT2D eigenvalue weighted by Crippen LogP contribution is -2.34. The van der Waals surface area contributed by atoms with Crippen molar-refractivity contribution >= 4 is 33.0 Å². The first-order valence-electron chi connectivity index (χ1n) is 16.8. The fraction of sp³-hybridized carbons (Fsp3) is 0.178. The molecule has 3 aliphatic carbocycles. The normalized spacial score (nSPS) is 17.6. The third-order valence-electron chi connectivity index (χ3n) is 9.29. The van der Waals surface area contributed by atoms with Gasteiger partial charge < -0.3 is 4.90 Å². The monoisotopic (exact) mass is 612 g/mol. The number of amidine groups is 1. The van der Waals surface area contributed by atoms with Gasteiger partial charge in [-0.2, -0.15) is 0 Å². The van der Waals surface area contributed by atoms with Crippen molar-refractivity contribution in [3.63, 3.8) is 0 Å². The van der Waals surface area contributed by atoms with E-state index in [1.165, 1.54) is 49.4 Å². The summed E-state index contributed by atoms with van der Waals surface area (Å²) in [4.78, 5) is 1.99. The molecule has 4 aromatic rings. The van der Waals surface area contributed by atoms with Gasteiger partial charge >= 0.3 is 0 Å². The number of benzene rings is 4. The molecule has 0 bridgehead atoms. The quantitative estimate of drug-likeness (QED) is 0.0997. The zero-order chi connectivity index (χ0) is 32.6. The van der Waals surface area contributed by atoms with E-state index in [-0.39, 0.29) is 6.04 Å². The fourth-order valence-electron chi connectivity index (χ4n) is 6.65. The standard InChI is InChI=1S/C30H22.C15H22N2/c1-2-11-22(12-3-1)29-25-14-6-8-16-27(25)30(28-17-9-7-15-26(28)29)24-19-18-21-10-4-5-13-23(21)20-24;1-4-5-7-10-13(2)17(3)15(16)14-11-8-6-9-12-14/h1-17,19-21H,18H2;4-5,7-8,10-13,16H,6,9H2,1-3H3/b;5-4-,10-7-,16-15?. The van der Waals surface area contributed by atoms with Crippen LogP contribution in [-0.2, 0) is 0 Å². The van der Waals surface area contributed by atoms with Crippen molar-refractivity contribution in [1.82, 2.24) is 4.90 Å². The Morgan fingerprint density at radius 2 is 1.45 bits per heavy atom. The van der Waals surface area contributed by atoms with Gasteiger partial charge in [-0.3, -0.25) is 5.41 Å². The zero-order valence-electron chi connectivity index (χ0n) is 27.7. The van der Waals surface area contributed by atoms with Crippen molar-refractivity contribution < 1.29 is 0 Å². The van der Waals surface area contributed by atoms with Gasteiger partial charge in [0.25, 0.3) is 0 Å². The Kier molecular flexibility index (Phi) is 10.1. The molecule has 0 amide bonds. The second-order valence-electron chi connectivity index (χ2n) is 12.3. The molecule has 234 valence electrons. The summed E-state index contributed by atoms with van der Waals surface area (Å²) in [6, 6.07) is 28.8. The molecule has 0 aliphatic heterocycles. The van der Waals surface area contributed by atoms with E-state index < -0.39 is 0 Å². The highest BCUT2D eigenvalue weighted by atomic mass is 15.2. The minimum absolute atomic E-state index is 0.231. The van der Waals surface area contributed by atoms with E-state index >= 15 is 0 Å². The Morgan fingerprint density at radius 3 is 2.09 bits per heavy atom. The highest BCUT2D eigenvalue weighted by molar-refractivity contribution is 6.19. The van der Waals surface area contributed by atoms with Crippen LogP contribution < -0.4 is 0 Å². The Bertz CT molecular complexity index is 1950. The third-order valence-corrected chi connectivity index (χ3v) is 9.29. The molecule has 4 aromatic carbocycles. The molecule has 0 saturated heterocycles. The maximum atomic E-state index is 8.15. The lowest BCUT2D eigenvalue weighted by atomic mass is 9.80. The van der Waals surface area contributed by atoms with Crippen molar-refractivity contribution in [3.05, 3.63) is 175 Å². The van der Waals surface area contributed by atoms with Crippen LogP contribution in [0.3, 0.4) is 0 Å². The lowest BCUT2D eigenvalue weighted by Gasteiger charge is -2.26. The van der Waals surface area contributed by atoms with Gasteiger partial charge in [0.2, 0.25) is 0 Å². The fourth-order valence-corrected chi connectivity index (χ4v) is 6.65. The number of nitrogens with one attached hydrogen (secondary N) is 1. The van der Waals surface area contributed by atoms with Gasteiger partial charge in [0, 0.05) is 24.6 Å². The number of hydrogen-bond acceptors (Lipinski definition) is 1. The molecule has 7 rings (SSSR count). The van der Waals surface area contributed by atoms with Gasteiger partial charge in [-0.15, -0.1) is 0 Å². The SMILES string of the molecule is C/C=C\C=C/C(C)N(C)C(=N)C1=CCCC=C1.C1=CC2=CC(c3c4ccccc4c(-c4ccccc4)c4ccccc34)=CCC2C=C1. The summed E-state index contributed by atoms with van der Waals surface area (Å²) < 4.78 is 0. The van der Waals surface area contributed by atoms with Crippen LogP contribution in [0.15, 0.2) is 169 Å². The first-order chi connectivity index (χ1) is 23.1. The highest BCUT2D eigenvalue weighted by Gasteiger charge is 2.21. The van der Waals surface area contributed by atoms with E-state index in [0.29, 0.717) is 11.8 Å². The number of likely N-dealkylation sites (N-methyl/N-ethyl adjacent to an activating group) is 1. The Morgan fingerprint density at radius 1 is 0.787 bits per heavy atom. The molecule has 0 spiro atoms. The van der Waals surface area contributed by atoms with Crippen molar-refractivity contribution in [2.75, 3.05) is 7.05 Å². The topological polar surface area (TPSA) is 27.1 Å². The van der Waals surface area contributed by atoms with Gasteiger partial charge in [0.15, 0.2) is 0 Å². The van der Waals surface area contributed by atoms with Crippen LogP contribution in [0.5, 0.6) is 0 Å². The maximum absolute atomic E-state index is 8.15. The molecule has 0 fully saturated rings. The van der Waals surface area contributed by atoms with Crippen LogP contribution in [0.1, 0.15) is 38.7 Å². The molecule has 0 saturated carbocycles. The average Bonchev–Trinajstić information content (AvgIpc) is 3.14. The molecule has 0 radical (unpaired) electrons. The molecular weight excluding hydrogens is 569 g/mol. The molecule has 47 heavy (non-hydrogen) atoms. The number of allylic oxidation sites excluding steroid dienone is 13. The first-order valence-corrected chi connectivity index (χ1v) is 16.8. The van der Waals surface area contributed by atoms with Crippen LogP contribution in [0.4, 0.5) is 0 Å². The van der Waals surface area contributed by atoms with E-state index in [2.05, 4.69) is 140 Å². The van der Waals surface area contributed by atoms with Gasteiger partial charge in [-0.05, 0) is 82.5 Å². The number of nitrogens with zero attached hydrogens (tertiary/aromatic N) is 1. The largest absolute Gasteiger partial charge is 0.354 e. The van der Waals surface area contributed by atoms with E-state index in [0.717, 1.165) is 24.8 Å². The van der Waals surface area contributed by atoms with Gasteiger partial charge in [-0.1, -0.05) is 158 Å². The van der Waals surface area contributed by atoms with E-state index in [4.69, 9.17) is 5.41 Å². The molecule has 2 unspecified atom stereocenters. The van der Waals surface area contributed by atoms with Crippen molar-refractivity contribution in [1.29, 1.82) is 5.41 Å².